The van der Waals surface area contributed by atoms with Gasteiger partial charge in [-0.15, -0.1) is 6.42 Å². The second-order valence-electron chi connectivity index (χ2n) is 2.52. The Kier molecular flexibility index (Phi) is 3.58. The highest BCUT2D eigenvalue weighted by Crippen LogP contribution is 2.25. The second kappa shape index (κ2) is 4.50. The summed E-state index contributed by atoms with van der Waals surface area (Å²) in [5, 5.41) is 0.602. The van der Waals surface area contributed by atoms with Crippen molar-refractivity contribution in [3.8, 4) is 12.3 Å². The molecule has 0 N–H and O–H groups in total. The minimum absolute atomic E-state index is 0.521. The van der Waals surface area contributed by atoms with E-state index in [1.165, 1.54) is 0 Å². The molecule has 0 saturated heterocycles. The quantitative estimate of drug-likeness (QED) is 0.759. The molecule has 0 aromatic carbocycles. The van der Waals surface area contributed by atoms with Crippen molar-refractivity contribution in [2.24, 2.45) is 0 Å². The van der Waals surface area contributed by atoms with Crippen LogP contribution < -0.4 is 4.90 Å². The van der Waals surface area contributed by atoms with Crippen molar-refractivity contribution in [1.82, 2.24) is 4.98 Å². The molecule has 0 saturated carbocycles. The van der Waals surface area contributed by atoms with E-state index >= 15 is 0 Å². The topological polar surface area (TPSA) is 16.1 Å². The molecule has 1 aromatic rings. The van der Waals surface area contributed by atoms with Gasteiger partial charge in [0.1, 0.15) is 5.82 Å². The molecule has 0 bridgehead atoms. The van der Waals surface area contributed by atoms with Crippen LogP contribution >= 0.6 is 27.5 Å². The van der Waals surface area contributed by atoms with Gasteiger partial charge < -0.3 is 4.90 Å². The highest BCUT2D eigenvalue weighted by atomic mass is 79.9. The van der Waals surface area contributed by atoms with Crippen LogP contribution in [0.15, 0.2) is 16.7 Å². The number of rotatable bonds is 2. The molecule has 68 valence electrons. The maximum Gasteiger partial charge on any atom is 0.143 e. The Hall–Kier alpha value is -0.720. The van der Waals surface area contributed by atoms with Crippen molar-refractivity contribution in [2.75, 3.05) is 18.5 Å². The zero-order valence-corrected chi connectivity index (χ0v) is 9.43. The summed E-state index contributed by atoms with van der Waals surface area (Å²) in [7, 11) is 1.88. The van der Waals surface area contributed by atoms with Gasteiger partial charge in [0.2, 0.25) is 0 Å². The first-order chi connectivity index (χ1) is 6.15. The lowest BCUT2D eigenvalue weighted by Crippen LogP contribution is -2.18. The molecule has 0 radical (unpaired) electrons. The highest BCUT2D eigenvalue weighted by Gasteiger charge is 2.05. The summed E-state index contributed by atoms with van der Waals surface area (Å²) in [6.45, 7) is 0.521. The van der Waals surface area contributed by atoms with Crippen LogP contribution in [0.3, 0.4) is 0 Å². The highest BCUT2D eigenvalue weighted by molar-refractivity contribution is 9.10. The zero-order chi connectivity index (χ0) is 9.84. The maximum absolute atomic E-state index is 5.75. The molecule has 0 atom stereocenters. The molecule has 0 spiro atoms. The van der Waals surface area contributed by atoms with Gasteiger partial charge in [-0.05, 0) is 22.0 Å². The lowest BCUT2D eigenvalue weighted by molar-refractivity contribution is 1.000. The van der Waals surface area contributed by atoms with Crippen molar-refractivity contribution in [1.29, 1.82) is 0 Å². The Morgan fingerprint density at radius 1 is 1.77 bits per heavy atom. The van der Waals surface area contributed by atoms with Crippen LogP contribution in [0.2, 0.25) is 5.02 Å². The SMILES string of the molecule is C#CCN(C)c1ncc(Cl)cc1Br. The van der Waals surface area contributed by atoms with E-state index in [9.17, 15) is 0 Å². The summed E-state index contributed by atoms with van der Waals surface area (Å²) in [6, 6.07) is 1.79. The van der Waals surface area contributed by atoms with E-state index in [4.69, 9.17) is 18.0 Å². The monoisotopic (exact) mass is 258 g/mol. The number of nitrogens with zero attached hydrogens (tertiary/aromatic N) is 2. The molecule has 1 rings (SSSR count). The molecule has 0 fully saturated rings. The third kappa shape index (κ3) is 2.61. The van der Waals surface area contributed by atoms with Gasteiger partial charge in [-0.3, -0.25) is 0 Å². The van der Waals surface area contributed by atoms with Gasteiger partial charge in [-0.25, -0.2) is 4.98 Å². The molecule has 2 nitrogen and oxygen atoms in total. The first-order valence-corrected chi connectivity index (χ1v) is 4.78. The molecule has 0 amide bonds. The Morgan fingerprint density at radius 2 is 2.46 bits per heavy atom. The van der Waals surface area contributed by atoms with Crippen molar-refractivity contribution < 1.29 is 0 Å². The number of anilines is 1. The Balaban J connectivity index is 2.96. The van der Waals surface area contributed by atoms with Gasteiger partial charge in [-0.2, -0.15) is 0 Å². The van der Waals surface area contributed by atoms with E-state index in [1.807, 2.05) is 11.9 Å². The third-order valence-electron chi connectivity index (χ3n) is 1.48. The van der Waals surface area contributed by atoms with Crippen LogP contribution in [0.5, 0.6) is 0 Å². The fourth-order valence-electron chi connectivity index (χ4n) is 0.900. The molecule has 13 heavy (non-hydrogen) atoms. The van der Waals surface area contributed by atoms with Gasteiger partial charge in [-0.1, -0.05) is 17.5 Å². The summed E-state index contributed by atoms with van der Waals surface area (Å²) >= 11 is 9.11. The number of hydrogen-bond donors (Lipinski definition) is 0. The molecule has 0 aliphatic rings. The van der Waals surface area contributed by atoms with E-state index < -0.39 is 0 Å². The largest absolute Gasteiger partial charge is 0.348 e. The minimum Gasteiger partial charge on any atom is -0.348 e. The number of aromatic nitrogens is 1. The lowest BCUT2D eigenvalue weighted by Gasteiger charge is -2.16. The van der Waals surface area contributed by atoms with Crippen molar-refractivity contribution in [2.45, 2.75) is 0 Å². The van der Waals surface area contributed by atoms with Crippen molar-refractivity contribution in [3.63, 3.8) is 0 Å². The van der Waals surface area contributed by atoms with Gasteiger partial charge in [0.25, 0.3) is 0 Å². The summed E-state index contributed by atoms with van der Waals surface area (Å²) in [6.07, 6.45) is 6.78. The standard InChI is InChI=1S/C9H8BrClN2/c1-3-4-13(2)9-8(10)5-7(11)6-12-9/h1,5-6H,4H2,2H3. The zero-order valence-electron chi connectivity index (χ0n) is 7.09. The van der Waals surface area contributed by atoms with Crippen LogP contribution in [-0.4, -0.2) is 18.6 Å². The molecule has 1 aromatic heterocycles. The second-order valence-corrected chi connectivity index (χ2v) is 3.81. The van der Waals surface area contributed by atoms with Gasteiger partial charge >= 0.3 is 0 Å². The van der Waals surface area contributed by atoms with E-state index in [2.05, 4.69) is 26.8 Å². The number of halogens is 2. The lowest BCUT2D eigenvalue weighted by atomic mass is 10.4. The molecular weight excluding hydrogens is 251 g/mol. The van der Waals surface area contributed by atoms with Crippen LogP contribution in [0, 0.1) is 12.3 Å². The Bertz CT molecular complexity index is 346. The molecule has 0 unspecified atom stereocenters. The van der Waals surface area contributed by atoms with Crippen LogP contribution in [0.4, 0.5) is 5.82 Å². The smallest absolute Gasteiger partial charge is 0.143 e. The molecule has 1 heterocycles. The van der Waals surface area contributed by atoms with Crippen LogP contribution in [0.25, 0.3) is 0 Å². The van der Waals surface area contributed by atoms with Crippen molar-refractivity contribution >= 4 is 33.3 Å². The van der Waals surface area contributed by atoms with E-state index in [0.29, 0.717) is 11.6 Å². The predicted molar refractivity (Wildman–Crippen MR) is 59.1 cm³/mol. The molecule has 0 aliphatic carbocycles. The molecule has 4 heteroatoms. The van der Waals surface area contributed by atoms with E-state index in [-0.39, 0.29) is 0 Å². The Morgan fingerprint density at radius 3 is 3.00 bits per heavy atom. The number of pyridine rings is 1. The average molecular weight is 260 g/mol. The molecule has 0 aliphatic heterocycles. The average Bonchev–Trinajstić information content (AvgIpc) is 2.04. The van der Waals surface area contributed by atoms with E-state index in [0.717, 1.165) is 10.3 Å². The van der Waals surface area contributed by atoms with Crippen molar-refractivity contribution in [3.05, 3.63) is 21.8 Å². The number of terminal acetylenes is 1. The summed E-state index contributed by atoms with van der Waals surface area (Å²) in [4.78, 5) is 6.01. The van der Waals surface area contributed by atoms with Gasteiger partial charge in [0.15, 0.2) is 0 Å². The minimum atomic E-state index is 0.521. The fraction of sp³-hybridized carbons (Fsp3) is 0.222. The van der Waals surface area contributed by atoms with Gasteiger partial charge in [0, 0.05) is 13.2 Å². The predicted octanol–water partition coefficient (Wildman–Crippen LogP) is 2.57. The fourth-order valence-corrected chi connectivity index (χ4v) is 1.84. The first-order valence-electron chi connectivity index (χ1n) is 3.61. The summed E-state index contributed by atoms with van der Waals surface area (Å²) < 4.78 is 0.845. The van der Waals surface area contributed by atoms with Gasteiger partial charge in [0.05, 0.1) is 16.0 Å². The van der Waals surface area contributed by atoms with Crippen LogP contribution in [0.1, 0.15) is 0 Å². The normalized spacial score (nSPS) is 9.38. The van der Waals surface area contributed by atoms with E-state index in [1.54, 1.807) is 12.3 Å². The number of hydrogen-bond acceptors (Lipinski definition) is 2. The molecular formula is C9H8BrClN2. The maximum atomic E-state index is 5.75. The van der Waals surface area contributed by atoms with Crippen LogP contribution in [-0.2, 0) is 0 Å². The third-order valence-corrected chi connectivity index (χ3v) is 2.27. The first kappa shape index (κ1) is 10.4. The summed E-state index contributed by atoms with van der Waals surface area (Å²) in [5.74, 6) is 3.33. The summed E-state index contributed by atoms with van der Waals surface area (Å²) in [5.41, 5.74) is 0. The Labute approximate surface area is 91.0 Å².